The average molecular weight is 390 g/mol. The molecule has 0 N–H and O–H groups in total. The SMILES string of the molecule is Fc1cnc(-c2ccc3cccnc3c2)c(-c2cnn(CC3(F)CCCC3)c2)c1. The van der Waals surface area contributed by atoms with Crippen molar-refractivity contribution in [3.8, 4) is 22.4 Å². The van der Waals surface area contributed by atoms with Gasteiger partial charge in [-0.25, -0.2) is 8.78 Å². The molecule has 29 heavy (non-hydrogen) atoms. The average Bonchev–Trinajstić information content (AvgIpc) is 3.37. The molecule has 0 bridgehead atoms. The Balaban J connectivity index is 1.54. The lowest BCUT2D eigenvalue weighted by Crippen LogP contribution is -2.25. The van der Waals surface area contributed by atoms with Gasteiger partial charge in [-0.15, -0.1) is 0 Å². The molecule has 4 aromatic rings. The second-order valence-electron chi connectivity index (χ2n) is 7.75. The summed E-state index contributed by atoms with van der Waals surface area (Å²) >= 11 is 0. The van der Waals surface area contributed by atoms with E-state index >= 15 is 0 Å². The standard InChI is InChI=1S/C23H20F2N4/c24-19-11-20(18-12-28-29(14-18)15-23(25)7-1-2-8-23)22(27-13-19)17-6-5-16-4-3-9-26-21(16)10-17/h3-6,9-14H,1-2,7-8,15H2. The molecule has 146 valence electrons. The lowest BCUT2D eigenvalue weighted by Gasteiger charge is -2.18. The number of halogens is 2. The van der Waals surface area contributed by atoms with Crippen LogP contribution < -0.4 is 0 Å². The zero-order chi connectivity index (χ0) is 19.8. The van der Waals surface area contributed by atoms with Gasteiger partial charge in [-0.1, -0.05) is 31.0 Å². The Hall–Kier alpha value is -3.15. The maximum atomic E-state index is 14.8. The van der Waals surface area contributed by atoms with E-state index < -0.39 is 11.5 Å². The molecule has 0 spiro atoms. The van der Waals surface area contributed by atoms with Gasteiger partial charge in [0.25, 0.3) is 0 Å². The minimum absolute atomic E-state index is 0.227. The third-order valence-electron chi connectivity index (χ3n) is 5.62. The predicted octanol–water partition coefficient (Wildman–Crippen LogP) is 5.58. The Bertz CT molecular complexity index is 1180. The first-order valence-corrected chi connectivity index (χ1v) is 9.82. The summed E-state index contributed by atoms with van der Waals surface area (Å²) in [7, 11) is 0. The van der Waals surface area contributed by atoms with Crippen molar-refractivity contribution in [2.45, 2.75) is 37.9 Å². The van der Waals surface area contributed by atoms with Crippen molar-refractivity contribution >= 4 is 10.9 Å². The van der Waals surface area contributed by atoms with Crippen LogP contribution in [0.2, 0.25) is 0 Å². The lowest BCUT2D eigenvalue weighted by atomic mass is 10.0. The summed E-state index contributed by atoms with van der Waals surface area (Å²) in [6.07, 6.45) is 9.34. The third kappa shape index (κ3) is 3.50. The monoisotopic (exact) mass is 390 g/mol. The minimum Gasteiger partial charge on any atom is -0.269 e. The van der Waals surface area contributed by atoms with Crippen LogP contribution in [0.5, 0.6) is 0 Å². The van der Waals surface area contributed by atoms with Crippen molar-refractivity contribution in [3.63, 3.8) is 0 Å². The van der Waals surface area contributed by atoms with Crippen molar-refractivity contribution < 1.29 is 8.78 Å². The summed E-state index contributed by atoms with van der Waals surface area (Å²) in [5.74, 6) is -0.423. The van der Waals surface area contributed by atoms with Crippen LogP contribution in [-0.2, 0) is 6.54 Å². The minimum atomic E-state index is -1.20. The second-order valence-corrected chi connectivity index (χ2v) is 7.75. The fraction of sp³-hybridized carbons (Fsp3) is 0.261. The molecule has 3 heterocycles. The summed E-state index contributed by atoms with van der Waals surface area (Å²) in [5.41, 5.74) is 2.49. The maximum absolute atomic E-state index is 14.8. The Morgan fingerprint density at radius 1 is 1.00 bits per heavy atom. The number of alkyl halides is 1. The number of hydrogen-bond acceptors (Lipinski definition) is 3. The zero-order valence-electron chi connectivity index (χ0n) is 15.9. The number of nitrogens with zero attached hydrogens (tertiary/aromatic N) is 4. The van der Waals surface area contributed by atoms with E-state index in [-0.39, 0.29) is 6.54 Å². The highest BCUT2D eigenvalue weighted by atomic mass is 19.1. The smallest absolute Gasteiger partial charge is 0.142 e. The van der Waals surface area contributed by atoms with Crippen LogP contribution in [-0.4, -0.2) is 25.4 Å². The molecule has 1 aliphatic rings. The quantitative estimate of drug-likeness (QED) is 0.457. The molecule has 0 atom stereocenters. The predicted molar refractivity (Wildman–Crippen MR) is 108 cm³/mol. The maximum Gasteiger partial charge on any atom is 0.142 e. The van der Waals surface area contributed by atoms with Crippen LogP contribution >= 0.6 is 0 Å². The first-order valence-electron chi connectivity index (χ1n) is 9.82. The van der Waals surface area contributed by atoms with E-state index in [4.69, 9.17) is 0 Å². The molecule has 4 nitrogen and oxygen atoms in total. The first-order chi connectivity index (χ1) is 14.1. The fourth-order valence-corrected chi connectivity index (χ4v) is 4.15. The van der Waals surface area contributed by atoms with Crippen molar-refractivity contribution in [1.29, 1.82) is 0 Å². The first kappa shape index (κ1) is 17.9. The van der Waals surface area contributed by atoms with Gasteiger partial charge in [-0.05, 0) is 31.0 Å². The van der Waals surface area contributed by atoms with E-state index in [9.17, 15) is 8.78 Å². The van der Waals surface area contributed by atoms with Crippen LogP contribution in [0.4, 0.5) is 8.78 Å². The molecule has 3 aromatic heterocycles. The molecule has 0 saturated heterocycles. The molecule has 5 rings (SSSR count). The highest BCUT2D eigenvalue weighted by Crippen LogP contribution is 2.36. The van der Waals surface area contributed by atoms with Crippen LogP contribution in [0, 0.1) is 5.82 Å². The summed E-state index contributed by atoms with van der Waals surface area (Å²) < 4.78 is 30.5. The van der Waals surface area contributed by atoms with E-state index in [0.29, 0.717) is 24.1 Å². The molecule has 1 saturated carbocycles. The third-order valence-corrected chi connectivity index (χ3v) is 5.62. The molecule has 0 unspecified atom stereocenters. The van der Waals surface area contributed by atoms with Gasteiger partial charge in [-0.2, -0.15) is 5.10 Å². The van der Waals surface area contributed by atoms with Crippen molar-refractivity contribution in [2.75, 3.05) is 0 Å². The second kappa shape index (κ2) is 7.03. The van der Waals surface area contributed by atoms with Crippen LogP contribution in [0.15, 0.2) is 61.2 Å². The van der Waals surface area contributed by atoms with E-state index in [1.807, 2.05) is 30.3 Å². The van der Waals surface area contributed by atoms with E-state index in [0.717, 1.165) is 34.9 Å². The van der Waals surface area contributed by atoms with Gasteiger partial charge in [0.1, 0.15) is 11.5 Å². The molecule has 0 aliphatic heterocycles. The summed E-state index contributed by atoms with van der Waals surface area (Å²) in [6.45, 7) is 0.227. The summed E-state index contributed by atoms with van der Waals surface area (Å²) in [5, 5.41) is 5.36. The molecule has 6 heteroatoms. The Labute approximate surface area is 167 Å². The summed E-state index contributed by atoms with van der Waals surface area (Å²) in [4.78, 5) is 8.74. The van der Waals surface area contributed by atoms with E-state index in [1.165, 1.54) is 12.3 Å². The van der Waals surface area contributed by atoms with Gasteiger partial charge in [-0.3, -0.25) is 14.6 Å². The largest absolute Gasteiger partial charge is 0.269 e. The Morgan fingerprint density at radius 3 is 2.72 bits per heavy atom. The number of pyridine rings is 2. The Morgan fingerprint density at radius 2 is 1.86 bits per heavy atom. The number of aromatic nitrogens is 4. The van der Waals surface area contributed by atoms with Gasteiger partial charge < -0.3 is 0 Å². The van der Waals surface area contributed by atoms with Crippen molar-refractivity contribution in [1.82, 2.24) is 19.7 Å². The van der Waals surface area contributed by atoms with E-state index in [1.54, 1.807) is 23.3 Å². The number of rotatable bonds is 4. The molecule has 0 radical (unpaired) electrons. The molecule has 1 fully saturated rings. The zero-order valence-corrected chi connectivity index (χ0v) is 15.9. The van der Waals surface area contributed by atoms with Crippen LogP contribution in [0.25, 0.3) is 33.3 Å². The molecule has 0 amide bonds. The number of hydrogen-bond donors (Lipinski definition) is 0. The lowest BCUT2D eigenvalue weighted by molar-refractivity contribution is 0.139. The molecule has 1 aliphatic carbocycles. The normalized spacial score (nSPS) is 15.8. The molecular formula is C23H20F2N4. The highest BCUT2D eigenvalue weighted by molar-refractivity contribution is 5.87. The number of fused-ring (bicyclic) bond motifs is 1. The molecular weight excluding hydrogens is 370 g/mol. The highest BCUT2D eigenvalue weighted by Gasteiger charge is 2.34. The topological polar surface area (TPSA) is 43.6 Å². The summed E-state index contributed by atoms with van der Waals surface area (Å²) in [6, 6.07) is 11.2. The fourth-order valence-electron chi connectivity index (χ4n) is 4.15. The Kier molecular flexibility index (Phi) is 4.34. The van der Waals surface area contributed by atoms with E-state index in [2.05, 4.69) is 15.1 Å². The van der Waals surface area contributed by atoms with Gasteiger partial charge in [0.05, 0.1) is 30.1 Å². The van der Waals surface area contributed by atoms with Gasteiger partial charge in [0, 0.05) is 34.5 Å². The molecule has 1 aromatic carbocycles. The van der Waals surface area contributed by atoms with Gasteiger partial charge in [0.15, 0.2) is 0 Å². The van der Waals surface area contributed by atoms with Crippen molar-refractivity contribution in [2.24, 2.45) is 0 Å². The van der Waals surface area contributed by atoms with Crippen LogP contribution in [0.1, 0.15) is 25.7 Å². The number of benzene rings is 1. The van der Waals surface area contributed by atoms with Gasteiger partial charge >= 0.3 is 0 Å². The van der Waals surface area contributed by atoms with Gasteiger partial charge in [0.2, 0.25) is 0 Å². The van der Waals surface area contributed by atoms with Crippen molar-refractivity contribution in [3.05, 3.63) is 67.0 Å². The van der Waals surface area contributed by atoms with Crippen LogP contribution in [0.3, 0.4) is 0 Å².